The highest BCUT2D eigenvalue weighted by Gasteiger charge is 2.25. The second-order valence-corrected chi connectivity index (χ2v) is 9.93. The number of nitrogens with zero attached hydrogens (tertiary/aromatic N) is 2. The minimum atomic E-state index is -0.439. The van der Waals surface area contributed by atoms with Crippen LogP contribution in [0.2, 0.25) is 0 Å². The quantitative estimate of drug-likeness (QED) is 0.329. The molecule has 0 radical (unpaired) electrons. The largest absolute Gasteiger partial charge is 0.446 e. The second kappa shape index (κ2) is 13.6. The first-order chi connectivity index (χ1) is 17.0. The number of carbonyl (C=O) groups is 2. The molecule has 1 saturated heterocycles. The van der Waals surface area contributed by atoms with E-state index in [1.807, 2.05) is 26.8 Å². The molecule has 2 fully saturated rings. The summed E-state index contributed by atoms with van der Waals surface area (Å²) in [7, 11) is 0. The molecule has 2 aliphatic heterocycles. The van der Waals surface area contributed by atoms with Crippen molar-refractivity contribution in [3.63, 3.8) is 0 Å². The van der Waals surface area contributed by atoms with Crippen molar-refractivity contribution in [2.24, 2.45) is 16.6 Å². The molecule has 9 nitrogen and oxygen atoms in total. The highest BCUT2D eigenvalue weighted by Crippen LogP contribution is 2.36. The molecule has 1 saturated carbocycles. The molecule has 4 N–H and O–H groups in total. The van der Waals surface area contributed by atoms with E-state index in [2.05, 4.69) is 21.7 Å². The van der Waals surface area contributed by atoms with Crippen LogP contribution >= 0.6 is 11.3 Å². The van der Waals surface area contributed by atoms with Gasteiger partial charge in [-0.25, -0.2) is 14.9 Å². The Morgan fingerprint density at radius 1 is 1.31 bits per heavy atom. The summed E-state index contributed by atoms with van der Waals surface area (Å²) in [5.74, 6) is 0.852. The van der Waals surface area contributed by atoms with Gasteiger partial charge in [0.05, 0.1) is 17.2 Å². The Morgan fingerprint density at radius 3 is 2.71 bits per heavy atom. The van der Waals surface area contributed by atoms with Crippen LogP contribution in [0.15, 0.2) is 16.6 Å². The van der Waals surface area contributed by atoms with Gasteiger partial charge in [-0.05, 0) is 63.3 Å². The lowest BCUT2D eigenvalue weighted by atomic mass is 9.96. The maximum Gasteiger partial charge on any atom is 0.407 e. The molecule has 2 amide bonds. The van der Waals surface area contributed by atoms with Gasteiger partial charge in [0, 0.05) is 30.0 Å². The number of nitrogens with one attached hydrogen (secondary N) is 2. The third-order valence-corrected chi connectivity index (χ3v) is 7.05. The van der Waals surface area contributed by atoms with Crippen molar-refractivity contribution in [2.75, 3.05) is 32.8 Å². The van der Waals surface area contributed by atoms with E-state index in [4.69, 9.17) is 15.3 Å². The number of fused-ring (bicyclic) bond motifs is 1. The number of nitrogens with two attached hydrogens (primary N) is 1. The molecular formula is C25H39N5O4S. The van der Waals surface area contributed by atoms with E-state index >= 15 is 0 Å². The fraction of sp³-hybridized carbons (Fsp3) is 0.640. The fourth-order valence-corrected chi connectivity index (χ4v) is 5.01. The van der Waals surface area contributed by atoms with E-state index in [1.54, 1.807) is 11.3 Å². The molecule has 4 rings (SSSR count). The van der Waals surface area contributed by atoms with Crippen molar-refractivity contribution in [2.45, 2.75) is 65.4 Å². The molecule has 10 heteroatoms. The number of aliphatic imine (C=N–C) groups is 1. The van der Waals surface area contributed by atoms with Gasteiger partial charge >= 0.3 is 6.09 Å². The molecule has 35 heavy (non-hydrogen) atoms. The van der Waals surface area contributed by atoms with Gasteiger partial charge < -0.3 is 21.1 Å². The van der Waals surface area contributed by atoms with E-state index in [-0.39, 0.29) is 31.6 Å². The Kier molecular flexibility index (Phi) is 10.6. The number of hydroxylamine groups is 2. The van der Waals surface area contributed by atoms with Crippen LogP contribution in [0.5, 0.6) is 0 Å². The normalized spacial score (nSPS) is 17.3. The molecule has 1 aromatic heterocycles. The Morgan fingerprint density at radius 2 is 2.09 bits per heavy atom. The second-order valence-electron chi connectivity index (χ2n) is 8.77. The van der Waals surface area contributed by atoms with Crippen molar-refractivity contribution in [1.29, 1.82) is 0 Å². The number of carbonyl (C=O) groups excluding carboxylic acids is 2. The van der Waals surface area contributed by atoms with Crippen molar-refractivity contribution >= 4 is 40.9 Å². The average molecular weight is 506 g/mol. The van der Waals surface area contributed by atoms with Crippen LogP contribution in [0.4, 0.5) is 10.5 Å². The number of hydrogen-bond acceptors (Lipinski definition) is 8. The van der Waals surface area contributed by atoms with E-state index in [1.165, 1.54) is 9.94 Å². The number of hydrogen-bond donors (Lipinski definition) is 3. The molecule has 3 heterocycles. The van der Waals surface area contributed by atoms with Crippen LogP contribution in [-0.2, 0) is 20.8 Å². The number of alkyl carbamates (subject to hydrolysis) is 1. The summed E-state index contributed by atoms with van der Waals surface area (Å²) in [4.78, 5) is 37.5. The first-order valence-electron chi connectivity index (χ1n) is 12.8. The lowest BCUT2D eigenvalue weighted by molar-refractivity contribution is -0.181. The van der Waals surface area contributed by atoms with Crippen LogP contribution in [-0.4, -0.2) is 61.8 Å². The van der Waals surface area contributed by atoms with E-state index < -0.39 is 6.09 Å². The molecule has 0 atom stereocenters. The molecule has 3 aliphatic rings. The Balaban J connectivity index is 0.00000167. The third-order valence-electron chi connectivity index (χ3n) is 5.96. The summed E-state index contributed by atoms with van der Waals surface area (Å²) in [6.45, 7) is 8.95. The predicted molar refractivity (Wildman–Crippen MR) is 140 cm³/mol. The van der Waals surface area contributed by atoms with Gasteiger partial charge in [0.15, 0.2) is 0 Å². The summed E-state index contributed by atoms with van der Waals surface area (Å²) >= 11 is 1.67. The van der Waals surface area contributed by atoms with Crippen molar-refractivity contribution < 1.29 is 19.2 Å². The summed E-state index contributed by atoms with van der Waals surface area (Å²) in [6, 6.07) is 2.09. The zero-order valence-electron chi connectivity index (χ0n) is 21.1. The highest BCUT2D eigenvalue weighted by atomic mass is 32.1. The highest BCUT2D eigenvalue weighted by molar-refractivity contribution is 7.13. The summed E-state index contributed by atoms with van der Waals surface area (Å²) in [5.41, 5.74) is 7.53. The lowest BCUT2D eigenvalue weighted by Crippen LogP contribution is -2.42. The molecular weight excluding hydrogens is 466 g/mol. The van der Waals surface area contributed by atoms with E-state index in [9.17, 15) is 9.59 Å². The van der Waals surface area contributed by atoms with Crippen LogP contribution in [0.1, 0.15) is 62.6 Å². The Labute approximate surface area is 212 Å². The van der Waals surface area contributed by atoms with Crippen molar-refractivity contribution in [1.82, 2.24) is 15.7 Å². The van der Waals surface area contributed by atoms with Crippen molar-refractivity contribution in [3.05, 3.63) is 21.4 Å². The zero-order valence-corrected chi connectivity index (χ0v) is 21.9. The monoisotopic (exact) mass is 505 g/mol. The van der Waals surface area contributed by atoms with Crippen LogP contribution in [0, 0.1) is 5.92 Å². The van der Waals surface area contributed by atoms with E-state index in [0.717, 1.165) is 55.8 Å². The fourth-order valence-electron chi connectivity index (χ4n) is 3.83. The molecule has 194 valence electrons. The maximum absolute atomic E-state index is 13.3. The van der Waals surface area contributed by atoms with Gasteiger partial charge in [-0.1, -0.05) is 20.8 Å². The summed E-state index contributed by atoms with van der Waals surface area (Å²) < 4.78 is 5.25. The van der Waals surface area contributed by atoms with Gasteiger partial charge in [-0.15, -0.1) is 11.3 Å². The number of rotatable bonds is 10. The zero-order chi connectivity index (χ0) is 25.2. The molecule has 0 bridgehead atoms. The van der Waals surface area contributed by atoms with Gasteiger partial charge in [0.2, 0.25) is 0 Å². The van der Waals surface area contributed by atoms with Gasteiger partial charge in [0.1, 0.15) is 11.9 Å². The summed E-state index contributed by atoms with van der Waals surface area (Å²) in [5, 5.41) is 7.33. The SMILES string of the molecule is CC.CCCN(OCCNC(=O)OC1CCC1)C(=O)C1=Cc2sc(CC3CNC3)cc2N=C(N)C1. The maximum atomic E-state index is 13.3. The molecule has 1 aromatic rings. The molecule has 0 unspecified atom stereocenters. The number of thiophene rings is 1. The number of amidine groups is 1. The van der Waals surface area contributed by atoms with Gasteiger partial charge in [0.25, 0.3) is 5.91 Å². The predicted octanol–water partition coefficient (Wildman–Crippen LogP) is 3.76. The first-order valence-corrected chi connectivity index (χ1v) is 13.6. The first kappa shape index (κ1) is 27.2. The Hall–Kier alpha value is -2.43. The minimum Gasteiger partial charge on any atom is -0.446 e. The lowest BCUT2D eigenvalue weighted by Gasteiger charge is -2.26. The Bertz CT molecular complexity index is 921. The molecule has 1 aliphatic carbocycles. The topological polar surface area (TPSA) is 118 Å². The van der Waals surface area contributed by atoms with Gasteiger partial charge in [-0.2, -0.15) is 0 Å². The standard InChI is InChI=1S/C23H33N5O4S.C2H6/c1-2-7-28(31-8-6-26-23(30)32-17-4-3-5-17)22(29)16-10-20-19(27-21(24)11-16)12-18(33-20)9-15-13-25-14-15;1-2/h10,12,15,17,25H,2-9,11,13-14H2,1H3,(H2,24,27)(H,26,30);1-2H3. The van der Waals surface area contributed by atoms with Crippen molar-refractivity contribution in [3.8, 4) is 0 Å². The summed E-state index contributed by atoms with van der Waals surface area (Å²) in [6.07, 6.45) is 6.48. The van der Waals surface area contributed by atoms with E-state index in [0.29, 0.717) is 23.9 Å². The third kappa shape index (κ3) is 7.78. The van der Waals surface area contributed by atoms with Crippen LogP contribution < -0.4 is 16.4 Å². The number of ether oxygens (including phenoxy) is 1. The van der Waals surface area contributed by atoms with Crippen LogP contribution in [0.3, 0.4) is 0 Å². The molecule has 0 aromatic carbocycles. The van der Waals surface area contributed by atoms with Crippen LogP contribution in [0.25, 0.3) is 6.08 Å². The number of amides is 2. The minimum absolute atomic E-state index is 0.0337. The smallest absolute Gasteiger partial charge is 0.407 e. The average Bonchev–Trinajstić information content (AvgIpc) is 3.09. The van der Waals surface area contributed by atoms with Gasteiger partial charge in [-0.3, -0.25) is 9.63 Å². The molecule has 0 spiro atoms.